The van der Waals surface area contributed by atoms with Crippen LogP contribution in [-0.2, 0) is 0 Å². The Morgan fingerprint density at radius 2 is 1.94 bits per heavy atom. The number of rotatable bonds is 4. The number of ether oxygens (including phenoxy) is 1. The lowest BCUT2D eigenvalue weighted by atomic mass is 10.1. The molecule has 0 unspecified atom stereocenters. The number of nitrogens with two attached hydrogens (primary N) is 1. The summed E-state index contributed by atoms with van der Waals surface area (Å²) in [6.45, 7) is 4.04. The molecule has 0 atom stereocenters. The molecule has 0 saturated heterocycles. The van der Waals surface area contributed by atoms with Crippen molar-refractivity contribution >= 4 is 18.3 Å². The fraction of sp³-hybridized carbons (Fsp3) is 0.333. The number of halogens is 2. The topological polar surface area (TPSA) is 35.2 Å². The summed E-state index contributed by atoms with van der Waals surface area (Å²) in [5, 5.41) is 1.28. The SMILES string of the molecule is CC(C)COc1c(F)cc(/C(N)=C/S)cc1F. The Morgan fingerprint density at radius 1 is 1.41 bits per heavy atom. The highest BCUT2D eigenvalue weighted by molar-refractivity contribution is 7.83. The van der Waals surface area contributed by atoms with Crippen molar-refractivity contribution in [2.45, 2.75) is 13.8 Å². The molecule has 5 heteroatoms. The summed E-state index contributed by atoms with van der Waals surface area (Å²) < 4.78 is 32.2. The van der Waals surface area contributed by atoms with Gasteiger partial charge in [-0.2, -0.15) is 0 Å². The molecule has 0 aliphatic carbocycles. The van der Waals surface area contributed by atoms with Gasteiger partial charge < -0.3 is 10.5 Å². The molecule has 2 N–H and O–H groups in total. The van der Waals surface area contributed by atoms with Crippen LogP contribution in [0.4, 0.5) is 8.78 Å². The van der Waals surface area contributed by atoms with Crippen LogP contribution in [0.25, 0.3) is 5.70 Å². The normalized spacial score (nSPS) is 12.0. The first-order valence-corrected chi connectivity index (χ1v) is 5.69. The van der Waals surface area contributed by atoms with Crippen LogP contribution in [0, 0.1) is 17.6 Å². The zero-order valence-electron chi connectivity index (χ0n) is 9.71. The highest BCUT2D eigenvalue weighted by atomic mass is 32.1. The van der Waals surface area contributed by atoms with Gasteiger partial charge >= 0.3 is 0 Å². The summed E-state index contributed by atoms with van der Waals surface area (Å²) in [4.78, 5) is 0. The molecule has 1 rings (SSSR count). The number of benzene rings is 1. The maximum Gasteiger partial charge on any atom is 0.190 e. The second-order valence-electron chi connectivity index (χ2n) is 4.06. The van der Waals surface area contributed by atoms with Crippen LogP contribution in [0.2, 0.25) is 0 Å². The van der Waals surface area contributed by atoms with E-state index < -0.39 is 11.6 Å². The van der Waals surface area contributed by atoms with Gasteiger partial charge in [0.25, 0.3) is 0 Å². The van der Waals surface area contributed by atoms with Gasteiger partial charge in [0.15, 0.2) is 17.4 Å². The van der Waals surface area contributed by atoms with Crippen LogP contribution in [0.1, 0.15) is 19.4 Å². The first-order valence-electron chi connectivity index (χ1n) is 5.17. The Labute approximate surface area is 105 Å². The molecule has 1 aromatic carbocycles. The van der Waals surface area contributed by atoms with Crippen LogP contribution >= 0.6 is 12.6 Å². The second-order valence-corrected chi connectivity index (χ2v) is 4.32. The molecule has 0 saturated carbocycles. The standard InChI is InChI=1S/C12H15F2NOS/c1-7(2)5-16-12-9(13)3-8(4-10(12)14)11(15)6-17/h3-4,6-7,17H,5,15H2,1-2H3/b11-6-. The number of hydrogen-bond donors (Lipinski definition) is 2. The van der Waals surface area contributed by atoms with E-state index in [1.807, 2.05) is 13.8 Å². The first-order chi connectivity index (χ1) is 7.95. The third kappa shape index (κ3) is 3.63. The van der Waals surface area contributed by atoms with E-state index in [-0.39, 0.29) is 29.5 Å². The van der Waals surface area contributed by atoms with E-state index in [4.69, 9.17) is 10.5 Å². The molecule has 94 valence electrons. The zero-order valence-corrected chi connectivity index (χ0v) is 10.6. The maximum atomic E-state index is 13.6. The van der Waals surface area contributed by atoms with E-state index in [1.165, 1.54) is 5.41 Å². The van der Waals surface area contributed by atoms with E-state index in [1.54, 1.807) is 0 Å². The molecule has 2 nitrogen and oxygen atoms in total. The molecule has 0 bridgehead atoms. The van der Waals surface area contributed by atoms with Gasteiger partial charge in [0, 0.05) is 11.3 Å². The first kappa shape index (κ1) is 13.8. The molecule has 0 spiro atoms. The Bertz CT molecular complexity index is 410. The summed E-state index contributed by atoms with van der Waals surface area (Å²) in [6, 6.07) is 2.25. The molecule has 0 aliphatic heterocycles. The quantitative estimate of drug-likeness (QED) is 0.814. The molecular weight excluding hydrogens is 244 g/mol. The smallest absolute Gasteiger partial charge is 0.190 e. The van der Waals surface area contributed by atoms with E-state index >= 15 is 0 Å². The fourth-order valence-electron chi connectivity index (χ4n) is 1.19. The van der Waals surface area contributed by atoms with Crippen molar-refractivity contribution in [3.63, 3.8) is 0 Å². The lowest BCUT2D eigenvalue weighted by molar-refractivity contribution is 0.247. The minimum Gasteiger partial charge on any atom is -0.487 e. The van der Waals surface area contributed by atoms with Crippen molar-refractivity contribution in [1.82, 2.24) is 0 Å². The molecule has 0 aliphatic rings. The van der Waals surface area contributed by atoms with Crippen molar-refractivity contribution in [3.8, 4) is 5.75 Å². The van der Waals surface area contributed by atoms with Crippen LogP contribution < -0.4 is 10.5 Å². The van der Waals surface area contributed by atoms with Crippen molar-refractivity contribution in [2.24, 2.45) is 11.7 Å². The largest absolute Gasteiger partial charge is 0.487 e. The third-order valence-electron chi connectivity index (χ3n) is 2.03. The van der Waals surface area contributed by atoms with Gasteiger partial charge in [-0.3, -0.25) is 0 Å². The Balaban J connectivity index is 3.02. The van der Waals surface area contributed by atoms with E-state index in [0.29, 0.717) is 0 Å². The van der Waals surface area contributed by atoms with E-state index in [2.05, 4.69) is 12.6 Å². The summed E-state index contributed by atoms with van der Waals surface area (Å²) in [6.07, 6.45) is 0. The highest BCUT2D eigenvalue weighted by Gasteiger charge is 2.14. The number of hydrogen-bond acceptors (Lipinski definition) is 3. The predicted molar refractivity (Wildman–Crippen MR) is 67.8 cm³/mol. The van der Waals surface area contributed by atoms with Crippen LogP contribution in [0.15, 0.2) is 17.5 Å². The van der Waals surface area contributed by atoms with Gasteiger partial charge in [0.1, 0.15) is 0 Å². The molecule has 0 fully saturated rings. The zero-order chi connectivity index (χ0) is 13.0. The second kappa shape index (κ2) is 5.91. The van der Waals surface area contributed by atoms with E-state index in [0.717, 1.165) is 12.1 Å². The average molecular weight is 259 g/mol. The molecular formula is C12H15F2NOS. The summed E-state index contributed by atoms with van der Waals surface area (Å²) in [5.41, 5.74) is 5.95. The van der Waals surface area contributed by atoms with Crippen molar-refractivity contribution in [1.29, 1.82) is 0 Å². The molecule has 0 heterocycles. The monoisotopic (exact) mass is 259 g/mol. The summed E-state index contributed by atoms with van der Waals surface area (Å²) in [7, 11) is 0. The molecule has 17 heavy (non-hydrogen) atoms. The van der Waals surface area contributed by atoms with Crippen LogP contribution in [-0.4, -0.2) is 6.61 Å². The van der Waals surface area contributed by atoms with E-state index in [9.17, 15) is 8.78 Å². The minimum atomic E-state index is -0.765. The fourth-order valence-corrected chi connectivity index (χ4v) is 1.34. The number of thiol groups is 1. The van der Waals surface area contributed by atoms with Crippen molar-refractivity contribution in [3.05, 3.63) is 34.7 Å². The van der Waals surface area contributed by atoms with Gasteiger partial charge in [-0.1, -0.05) is 13.8 Å². The highest BCUT2D eigenvalue weighted by Crippen LogP contribution is 2.25. The summed E-state index contributed by atoms with van der Waals surface area (Å²) in [5.74, 6) is -1.71. The van der Waals surface area contributed by atoms with Gasteiger partial charge in [-0.05, 0) is 23.5 Å². The van der Waals surface area contributed by atoms with Gasteiger partial charge in [0.2, 0.25) is 0 Å². The summed E-state index contributed by atoms with van der Waals surface area (Å²) >= 11 is 3.83. The minimum absolute atomic E-state index is 0.191. The van der Waals surface area contributed by atoms with Crippen LogP contribution in [0.5, 0.6) is 5.75 Å². The lowest BCUT2D eigenvalue weighted by Crippen LogP contribution is -2.08. The molecule has 0 aromatic heterocycles. The van der Waals surface area contributed by atoms with Crippen molar-refractivity contribution in [2.75, 3.05) is 6.61 Å². The average Bonchev–Trinajstić information content (AvgIpc) is 2.26. The lowest BCUT2D eigenvalue weighted by Gasteiger charge is -2.11. The van der Waals surface area contributed by atoms with Gasteiger partial charge in [-0.15, -0.1) is 12.6 Å². The predicted octanol–water partition coefficient (Wildman–Crippen LogP) is 3.19. The van der Waals surface area contributed by atoms with Crippen molar-refractivity contribution < 1.29 is 13.5 Å². The molecule has 0 amide bonds. The Hall–Kier alpha value is -1.23. The van der Waals surface area contributed by atoms with Gasteiger partial charge in [0.05, 0.1) is 6.61 Å². The van der Waals surface area contributed by atoms with Crippen LogP contribution in [0.3, 0.4) is 0 Å². The Morgan fingerprint density at radius 3 is 2.35 bits per heavy atom. The van der Waals surface area contributed by atoms with Gasteiger partial charge in [-0.25, -0.2) is 8.78 Å². The third-order valence-corrected chi connectivity index (χ3v) is 2.31. The Kier molecular flexibility index (Phi) is 4.81. The molecule has 1 aromatic rings. The maximum absolute atomic E-state index is 13.6. The molecule has 0 radical (unpaired) electrons.